The van der Waals surface area contributed by atoms with E-state index in [0.717, 1.165) is 11.1 Å². The third kappa shape index (κ3) is 4.45. The molecule has 8 heteroatoms. The molecule has 38 heavy (non-hydrogen) atoms. The highest BCUT2D eigenvalue weighted by atomic mass is 16.5. The molecule has 1 aromatic heterocycles. The van der Waals surface area contributed by atoms with E-state index >= 15 is 0 Å². The quantitative estimate of drug-likeness (QED) is 0.194. The SMILES string of the molecule is C=C(C)COc1ccc(C2CC(=O)Oc3cc(O)c4c(=O)c(-c5ccc(OC)c(OC)c5)coc4c32)cc1. The standard InChI is InChI=1S/C30H26O8/c1-16(2)14-36-19-8-5-17(6-9-19)20-12-26(32)38-25-13-22(31)28-29(33)21(15-37-30(28)27(20)25)18-7-10-23(34-3)24(11-18)35-4/h5-11,13,15,20,31H,1,12,14H2,2-4H3. The van der Waals surface area contributed by atoms with Crippen molar-refractivity contribution in [2.75, 3.05) is 20.8 Å². The Labute approximate surface area is 218 Å². The lowest BCUT2D eigenvalue weighted by molar-refractivity contribution is -0.135. The lowest BCUT2D eigenvalue weighted by Crippen LogP contribution is -2.22. The summed E-state index contributed by atoms with van der Waals surface area (Å²) < 4.78 is 27.8. The predicted octanol–water partition coefficient (Wildman–Crippen LogP) is 5.58. The molecule has 0 saturated heterocycles. The molecule has 0 amide bonds. The van der Waals surface area contributed by atoms with Crippen LogP contribution in [0.5, 0.6) is 28.7 Å². The van der Waals surface area contributed by atoms with Crippen molar-refractivity contribution in [2.24, 2.45) is 0 Å². The van der Waals surface area contributed by atoms with Crippen LogP contribution in [0.1, 0.15) is 30.4 Å². The number of fused-ring (bicyclic) bond motifs is 3. The van der Waals surface area contributed by atoms with Gasteiger partial charge in [-0.2, -0.15) is 0 Å². The highest BCUT2D eigenvalue weighted by molar-refractivity contribution is 5.94. The minimum atomic E-state index is -0.459. The predicted molar refractivity (Wildman–Crippen MR) is 142 cm³/mol. The van der Waals surface area contributed by atoms with Crippen LogP contribution in [0.2, 0.25) is 0 Å². The lowest BCUT2D eigenvalue weighted by atomic mass is 9.85. The minimum Gasteiger partial charge on any atom is -0.507 e. The van der Waals surface area contributed by atoms with Crippen molar-refractivity contribution in [3.05, 3.63) is 88.3 Å². The summed E-state index contributed by atoms with van der Waals surface area (Å²) in [7, 11) is 3.03. The fourth-order valence-electron chi connectivity index (χ4n) is 4.62. The lowest BCUT2D eigenvalue weighted by Gasteiger charge is -2.26. The number of carbonyl (C=O) groups is 1. The topological polar surface area (TPSA) is 104 Å². The number of methoxy groups -OCH3 is 2. The first-order chi connectivity index (χ1) is 18.3. The van der Waals surface area contributed by atoms with Crippen molar-refractivity contribution in [1.29, 1.82) is 0 Å². The Morgan fingerprint density at radius 1 is 1.05 bits per heavy atom. The molecule has 0 aliphatic carbocycles. The van der Waals surface area contributed by atoms with Gasteiger partial charge in [0.15, 0.2) is 11.5 Å². The molecule has 0 radical (unpaired) electrons. The fourth-order valence-corrected chi connectivity index (χ4v) is 4.62. The first kappa shape index (κ1) is 25.0. The Morgan fingerprint density at radius 3 is 2.47 bits per heavy atom. The van der Waals surface area contributed by atoms with Crippen LogP contribution in [0, 0.1) is 0 Å². The summed E-state index contributed by atoms with van der Waals surface area (Å²) >= 11 is 0. The summed E-state index contributed by atoms with van der Waals surface area (Å²) in [4.78, 5) is 26.1. The second-order valence-electron chi connectivity index (χ2n) is 9.11. The molecule has 194 valence electrons. The number of phenols is 1. The van der Waals surface area contributed by atoms with Gasteiger partial charge in [-0.15, -0.1) is 0 Å². The van der Waals surface area contributed by atoms with E-state index in [1.54, 1.807) is 18.2 Å². The molecule has 0 spiro atoms. The fraction of sp³-hybridized carbons (Fsp3) is 0.200. The summed E-state index contributed by atoms with van der Waals surface area (Å²) in [6.45, 7) is 6.11. The van der Waals surface area contributed by atoms with Crippen molar-refractivity contribution >= 4 is 16.9 Å². The van der Waals surface area contributed by atoms with E-state index in [4.69, 9.17) is 23.4 Å². The third-order valence-corrected chi connectivity index (χ3v) is 6.43. The number of phenolic OH excluding ortho intramolecular Hbond substituents is 1. The summed E-state index contributed by atoms with van der Waals surface area (Å²) in [6.07, 6.45) is 1.38. The number of aromatic hydroxyl groups is 1. The van der Waals surface area contributed by atoms with Crippen molar-refractivity contribution in [3.63, 3.8) is 0 Å². The summed E-state index contributed by atoms with van der Waals surface area (Å²) in [5.41, 5.74) is 2.72. The van der Waals surface area contributed by atoms with Crippen LogP contribution in [-0.4, -0.2) is 31.9 Å². The normalized spacial score (nSPS) is 14.5. The van der Waals surface area contributed by atoms with E-state index in [1.165, 1.54) is 26.5 Å². The van der Waals surface area contributed by atoms with Gasteiger partial charge in [-0.3, -0.25) is 9.59 Å². The van der Waals surface area contributed by atoms with Crippen LogP contribution >= 0.6 is 0 Å². The monoisotopic (exact) mass is 514 g/mol. The van der Waals surface area contributed by atoms with Gasteiger partial charge in [-0.1, -0.05) is 24.8 Å². The molecule has 5 rings (SSSR count). The average molecular weight is 515 g/mol. The largest absolute Gasteiger partial charge is 0.507 e. The molecule has 0 bridgehead atoms. The van der Waals surface area contributed by atoms with Crippen molar-refractivity contribution in [1.82, 2.24) is 0 Å². The number of ether oxygens (including phenoxy) is 4. The van der Waals surface area contributed by atoms with Gasteiger partial charge in [-0.05, 0) is 47.9 Å². The van der Waals surface area contributed by atoms with Crippen molar-refractivity contribution in [3.8, 4) is 39.9 Å². The van der Waals surface area contributed by atoms with Gasteiger partial charge in [0, 0.05) is 17.5 Å². The van der Waals surface area contributed by atoms with Crippen LogP contribution in [0.4, 0.5) is 0 Å². The number of esters is 1. The van der Waals surface area contributed by atoms with Gasteiger partial charge >= 0.3 is 5.97 Å². The van der Waals surface area contributed by atoms with Crippen molar-refractivity contribution in [2.45, 2.75) is 19.3 Å². The van der Waals surface area contributed by atoms with E-state index < -0.39 is 17.3 Å². The Morgan fingerprint density at radius 2 is 1.79 bits per heavy atom. The molecular weight excluding hydrogens is 488 g/mol. The zero-order valence-electron chi connectivity index (χ0n) is 21.2. The Bertz CT molecular complexity index is 1610. The first-order valence-corrected chi connectivity index (χ1v) is 11.9. The van der Waals surface area contributed by atoms with Gasteiger partial charge in [-0.25, -0.2) is 0 Å². The first-order valence-electron chi connectivity index (χ1n) is 11.9. The number of hydrogen-bond donors (Lipinski definition) is 1. The number of carbonyl (C=O) groups excluding carboxylic acids is 1. The van der Waals surface area contributed by atoms with Crippen LogP contribution in [0.15, 0.2) is 76.2 Å². The second-order valence-corrected chi connectivity index (χ2v) is 9.11. The maximum Gasteiger partial charge on any atom is 0.312 e. The highest BCUT2D eigenvalue weighted by Gasteiger charge is 2.33. The minimum absolute atomic E-state index is 0.000366. The summed E-state index contributed by atoms with van der Waals surface area (Å²) in [5.74, 6) is 0.526. The molecule has 8 nitrogen and oxygen atoms in total. The van der Waals surface area contributed by atoms with Crippen molar-refractivity contribution < 1.29 is 33.3 Å². The molecule has 0 fully saturated rings. The van der Waals surface area contributed by atoms with Gasteiger partial charge in [0.2, 0.25) is 5.43 Å². The Balaban J connectivity index is 1.63. The molecule has 3 aromatic carbocycles. The summed E-state index contributed by atoms with van der Waals surface area (Å²) in [5, 5.41) is 10.8. The molecule has 1 unspecified atom stereocenters. The van der Waals surface area contributed by atoms with Crippen LogP contribution in [0.3, 0.4) is 0 Å². The van der Waals surface area contributed by atoms with Gasteiger partial charge in [0.05, 0.1) is 26.2 Å². The number of benzene rings is 3. The van der Waals surface area contributed by atoms with Gasteiger partial charge in [0.1, 0.15) is 41.1 Å². The van der Waals surface area contributed by atoms with E-state index in [2.05, 4.69) is 6.58 Å². The maximum absolute atomic E-state index is 13.6. The molecule has 1 N–H and O–H groups in total. The molecule has 1 atom stereocenters. The van der Waals surface area contributed by atoms with Gasteiger partial charge in [0.25, 0.3) is 0 Å². The Hall–Kier alpha value is -4.72. The molecular formula is C30H26O8. The maximum atomic E-state index is 13.6. The van der Waals surface area contributed by atoms with E-state index in [0.29, 0.717) is 35.0 Å². The van der Waals surface area contributed by atoms with E-state index in [1.807, 2.05) is 31.2 Å². The third-order valence-electron chi connectivity index (χ3n) is 6.43. The Kier molecular flexibility index (Phi) is 6.55. The molecule has 0 saturated carbocycles. The summed E-state index contributed by atoms with van der Waals surface area (Å²) in [6, 6.07) is 13.7. The molecule has 2 heterocycles. The zero-order valence-corrected chi connectivity index (χ0v) is 21.2. The molecule has 1 aliphatic heterocycles. The molecule has 1 aliphatic rings. The van der Waals surface area contributed by atoms with Crippen LogP contribution in [-0.2, 0) is 4.79 Å². The number of hydrogen-bond acceptors (Lipinski definition) is 8. The van der Waals surface area contributed by atoms with Crippen LogP contribution in [0.25, 0.3) is 22.1 Å². The van der Waals surface area contributed by atoms with Crippen LogP contribution < -0.4 is 24.4 Å². The molecule has 4 aromatic rings. The van der Waals surface area contributed by atoms with Gasteiger partial charge < -0.3 is 28.5 Å². The average Bonchev–Trinajstić information content (AvgIpc) is 2.91. The zero-order chi connectivity index (χ0) is 27.0. The second kappa shape index (κ2) is 9.97. The van der Waals surface area contributed by atoms with E-state index in [9.17, 15) is 14.7 Å². The smallest absolute Gasteiger partial charge is 0.312 e. The highest BCUT2D eigenvalue weighted by Crippen LogP contribution is 2.46. The van der Waals surface area contributed by atoms with E-state index in [-0.39, 0.29) is 34.5 Å². The number of rotatable bonds is 7.